The van der Waals surface area contributed by atoms with E-state index in [4.69, 9.17) is 4.74 Å². The van der Waals surface area contributed by atoms with E-state index in [9.17, 15) is 13.5 Å². The van der Waals surface area contributed by atoms with Crippen molar-refractivity contribution in [1.82, 2.24) is 4.72 Å². The molecule has 6 nitrogen and oxygen atoms in total. The number of anilines is 1. The molecule has 3 N–H and O–H groups in total. The molecule has 0 spiro atoms. The van der Waals surface area contributed by atoms with Gasteiger partial charge in [0.2, 0.25) is 0 Å². The van der Waals surface area contributed by atoms with Crippen molar-refractivity contribution in [3.05, 3.63) is 18.2 Å². The van der Waals surface area contributed by atoms with Crippen molar-refractivity contribution in [3.63, 3.8) is 0 Å². The van der Waals surface area contributed by atoms with Crippen molar-refractivity contribution >= 4 is 15.9 Å². The lowest BCUT2D eigenvalue weighted by Crippen LogP contribution is -2.35. The molecule has 17 heavy (non-hydrogen) atoms. The second kappa shape index (κ2) is 5.24. The zero-order valence-electron chi connectivity index (χ0n) is 9.89. The van der Waals surface area contributed by atoms with E-state index in [2.05, 4.69) is 9.44 Å². The van der Waals surface area contributed by atoms with E-state index in [1.54, 1.807) is 26.0 Å². The summed E-state index contributed by atoms with van der Waals surface area (Å²) >= 11 is 0. The second-order valence-electron chi connectivity index (χ2n) is 3.73. The lowest BCUT2D eigenvalue weighted by Gasteiger charge is -2.14. The van der Waals surface area contributed by atoms with Crippen molar-refractivity contribution in [3.8, 4) is 11.5 Å². The number of phenols is 1. The zero-order chi connectivity index (χ0) is 13.1. The van der Waals surface area contributed by atoms with Crippen LogP contribution in [0.4, 0.5) is 5.69 Å². The molecule has 0 saturated carbocycles. The molecule has 0 bridgehead atoms. The summed E-state index contributed by atoms with van der Waals surface area (Å²) in [5.41, 5.74) is 0.0168. The molecule has 0 radical (unpaired) electrons. The monoisotopic (exact) mass is 260 g/mol. The standard InChI is InChI=1S/C10H16N2O4S/c1-7(2)11-17(14,15)12-10-8(13)5-4-6-9(10)16-3/h4-7,11-13H,1-3H3. The van der Waals surface area contributed by atoms with Gasteiger partial charge in [-0.05, 0) is 26.0 Å². The Labute approximate surface area is 101 Å². The molecule has 0 aliphatic carbocycles. The molecule has 0 aromatic heterocycles. The minimum absolute atomic E-state index is 0.0168. The maximum Gasteiger partial charge on any atom is 0.299 e. The molecule has 0 aliphatic rings. The molecule has 0 aliphatic heterocycles. The molecular weight excluding hydrogens is 244 g/mol. The fraction of sp³-hybridized carbons (Fsp3) is 0.400. The van der Waals surface area contributed by atoms with Crippen LogP contribution >= 0.6 is 0 Å². The Balaban J connectivity index is 3.03. The average molecular weight is 260 g/mol. The predicted molar refractivity (Wildman–Crippen MR) is 65.5 cm³/mol. The van der Waals surface area contributed by atoms with E-state index >= 15 is 0 Å². The van der Waals surface area contributed by atoms with Gasteiger partial charge in [0, 0.05) is 6.04 Å². The first-order valence-corrected chi connectivity index (χ1v) is 6.50. The third-order valence-electron chi connectivity index (χ3n) is 1.85. The SMILES string of the molecule is COc1cccc(O)c1NS(=O)(=O)NC(C)C. The van der Waals surface area contributed by atoms with Crippen LogP contribution in [0.5, 0.6) is 11.5 Å². The second-order valence-corrected chi connectivity index (χ2v) is 5.18. The van der Waals surface area contributed by atoms with Crippen LogP contribution in [0, 0.1) is 0 Å². The van der Waals surface area contributed by atoms with Crippen molar-refractivity contribution in [2.75, 3.05) is 11.8 Å². The molecular formula is C10H16N2O4S. The van der Waals surface area contributed by atoms with Crippen molar-refractivity contribution in [2.45, 2.75) is 19.9 Å². The first kappa shape index (κ1) is 13.6. The lowest BCUT2D eigenvalue weighted by atomic mass is 10.3. The highest BCUT2D eigenvalue weighted by molar-refractivity contribution is 7.90. The van der Waals surface area contributed by atoms with Gasteiger partial charge < -0.3 is 9.84 Å². The molecule has 7 heteroatoms. The summed E-state index contributed by atoms with van der Waals surface area (Å²) < 4.78 is 32.8. The first-order valence-electron chi connectivity index (χ1n) is 5.01. The number of hydrogen-bond donors (Lipinski definition) is 3. The quantitative estimate of drug-likeness (QED) is 0.691. The van der Waals surface area contributed by atoms with Gasteiger partial charge in [0.25, 0.3) is 10.2 Å². The molecule has 1 rings (SSSR count). The number of aromatic hydroxyl groups is 1. The zero-order valence-corrected chi connectivity index (χ0v) is 10.7. The highest BCUT2D eigenvalue weighted by Gasteiger charge is 2.17. The van der Waals surface area contributed by atoms with Crippen molar-refractivity contribution in [2.24, 2.45) is 0 Å². The summed E-state index contributed by atoms with van der Waals surface area (Å²) in [6.45, 7) is 3.39. The van der Waals surface area contributed by atoms with Crippen LogP contribution in [0.25, 0.3) is 0 Å². The third-order valence-corrected chi connectivity index (χ3v) is 3.11. The number of nitrogens with one attached hydrogen (secondary N) is 2. The lowest BCUT2D eigenvalue weighted by molar-refractivity contribution is 0.411. The Bertz CT molecular complexity index is 485. The van der Waals surface area contributed by atoms with Gasteiger partial charge in [-0.25, -0.2) is 0 Å². The first-order chi connectivity index (χ1) is 7.85. The van der Waals surface area contributed by atoms with Crippen molar-refractivity contribution < 1.29 is 18.3 Å². The predicted octanol–water partition coefficient (Wildman–Crippen LogP) is 1.06. The van der Waals surface area contributed by atoms with E-state index in [-0.39, 0.29) is 23.2 Å². The Morgan fingerprint density at radius 1 is 1.35 bits per heavy atom. The molecule has 96 valence electrons. The molecule has 0 atom stereocenters. The molecule has 0 unspecified atom stereocenters. The number of ether oxygens (including phenoxy) is 1. The molecule has 0 heterocycles. The largest absolute Gasteiger partial charge is 0.506 e. The third kappa shape index (κ3) is 3.79. The number of para-hydroxylation sites is 1. The van der Waals surface area contributed by atoms with Crippen LogP contribution in [0.15, 0.2) is 18.2 Å². The van der Waals surface area contributed by atoms with Crippen LogP contribution in [-0.4, -0.2) is 26.7 Å². The number of rotatable bonds is 5. The van der Waals surface area contributed by atoms with E-state index in [0.29, 0.717) is 0 Å². The average Bonchev–Trinajstić information content (AvgIpc) is 2.18. The Morgan fingerprint density at radius 3 is 2.53 bits per heavy atom. The fourth-order valence-electron chi connectivity index (χ4n) is 1.27. The molecule has 0 amide bonds. The smallest absolute Gasteiger partial charge is 0.299 e. The topological polar surface area (TPSA) is 87.7 Å². The van der Waals surface area contributed by atoms with E-state index in [1.165, 1.54) is 13.2 Å². The summed E-state index contributed by atoms with van der Waals surface area (Å²) in [7, 11) is -2.34. The van der Waals surface area contributed by atoms with E-state index in [0.717, 1.165) is 0 Å². The Kier molecular flexibility index (Phi) is 4.19. The minimum Gasteiger partial charge on any atom is -0.506 e. The summed E-state index contributed by atoms with van der Waals surface area (Å²) in [6.07, 6.45) is 0. The van der Waals surface area contributed by atoms with Gasteiger partial charge in [-0.2, -0.15) is 13.1 Å². The maximum absolute atomic E-state index is 11.6. The van der Waals surface area contributed by atoms with Crippen LogP contribution in [0.2, 0.25) is 0 Å². The van der Waals surface area contributed by atoms with Crippen molar-refractivity contribution in [1.29, 1.82) is 0 Å². The van der Waals surface area contributed by atoms with Crippen LogP contribution < -0.4 is 14.2 Å². The van der Waals surface area contributed by atoms with Gasteiger partial charge in [-0.1, -0.05) is 6.07 Å². The van der Waals surface area contributed by atoms with E-state index in [1.807, 2.05) is 0 Å². The number of benzene rings is 1. The van der Waals surface area contributed by atoms with Crippen LogP contribution in [0.3, 0.4) is 0 Å². The van der Waals surface area contributed by atoms with Gasteiger partial charge in [0.15, 0.2) is 0 Å². The Morgan fingerprint density at radius 2 is 2.00 bits per heavy atom. The Hall–Kier alpha value is -1.47. The highest BCUT2D eigenvalue weighted by atomic mass is 32.2. The number of phenolic OH excluding ortho intramolecular Hbond substituents is 1. The summed E-state index contributed by atoms with van der Waals surface area (Å²) in [4.78, 5) is 0. The number of methoxy groups -OCH3 is 1. The molecule has 1 aromatic rings. The molecule has 1 aromatic carbocycles. The molecule has 0 saturated heterocycles. The maximum atomic E-state index is 11.6. The van der Waals surface area contributed by atoms with Gasteiger partial charge in [0.1, 0.15) is 17.2 Å². The summed E-state index contributed by atoms with van der Waals surface area (Å²) in [6, 6.07) is 4.23. The van der Waals surface area contributed by atoms with Gasteiger partial charge in [-0.15, -0.1) is 0 Å². The van der Waals surface area contributed by atoms with Gasteiger partial charge in [-0.3, -0.25) is 4.72 Å². The van der Waals surface area contributed by atoms with Gasteiger partial charge in [0.05, 0.1) is 7.11 Å². The highest BCUT2D eigenvalue weighted by Crippen LogP contribution is 2.33. The van der Waals surface area contributed by atoms with Crippen LogP contribution in [0.1, 0.15) is 13.8 Å². The summed E-state index contributed by atoms with van der Waals surface area (Å²) in [5.74, 6) is 0.0533. The summed E-state index contributed by atoms with van der Waals surface area (Å²) in [5, 5.41) is 9.59. The number of hydrogen-bond acceptors (Lipinski definition) is 4. The van der Waals surface area contributed by atoms with Crippen LogP contribution in [-0.2, 0) is 10.2 Å². The van der Waals surface area contributed by atoms with E-state index < -0.39 is 10.2 Å². The fourth-order valence-corrected chi connectivity index (χ4v) is 2.42. The van der Waals surface area contributed by atoms with Gasteiger partial charge >= 0.3 is 0 Å². The minimum atomic E-state index is -3.73. The molecule has 0 fully saturated rings. The normalized spacial score (nSPS) is 11.5.